The number of carbonyl (C=O) groups is 1. The van der Waals surface area contributed by atoms with E-state index in [-0.39, 0.29) is 5.91 Å². The lowest BCUT2D eigenvalue weighted by Gasteiger charge is -2.22. The van der Waals surface area contributed by atoms with Crippen molar-refractivity contribution in [1.29, 1.82) is 0 Å². The van der Waals surface area contributed by atoms with E-state index < -0.39 is 0 Å². The fraction of sp³-hybridized carbons (Fsp3) is 0.429. The first kappa shape index (κ1) is 30.4. The van der Waals surface area contributed by atoms with Crippen LogP contribution in [0.5, 0.6) is 0 Å². The number of nitrogen functional groups attached to an aromatic ring is 1. The zero-order valence-corrected chi connectivity index (χ0v) is 27.2. The lowest BCUT2D eigenvalue weighted by atomic mass is 9.90. The van der Waals surface area contributed by atoms with Gasteiger partial charge in [-0.25, -0.2) is 4.98 Å². The van der Waals surface area contributed by atoms with Gasteiger partial charge in [-0.1, -0.05) is 13.0 Å². The Morgan fingerprint density at radius 3 is 2.67 bits per heavy atom. The fourth-order valence-electron chi connectivity index (χ4n) is 6.80. The third-order valence-electron chi connectivity index (χ3n) is 9.10. The number of nitrogens with zero attached hydrogens (tertiary/aromatic N) is 6. The third-order valence-corrected chi connectivity index (χ3v) is 10.3. The van der Waals surface area contributed by atoms with Gasteiger partial charge in [0, 0.05) is 55.2 Å². The third kappa shape index (κ3) is 6.01. The predicted molar refractivity (Wildman–Crippen MR) is 178 cm³/mol. The number of ether oxygens (including phenoxy) is 1. The van der Waals surface area contributed by atoms with Crippen LogP contribution in [0.2, 0.25) is 0 Å². The van der Waals surface area contributed by atoms with Gasteiger partial charge in [0.25, 0.3) is 5.91 Å². The molecule has 5 aromatic heterocycles. The van der Waals surface area contributed by atoms with Crippen LogP contribution >= 0.6 is 11.3 Å². The maximum absolute atomic E-state index is 13.7. The van der Waals surface area contributed by atoms with Crippen LogP contribution in [0.1, 0.15) is 77.9 Å². The topological polar surface area (TPSA) is 133 Å². The van der Waals surface area contributed by atoms with E-state index >= 15 is 0 Å². The average Bonchev–Trinajstić information content (AvgIpc) is 3.87. The Balaban J connectivity index is 0.000000321. The average molecular weight is 638 g/mol. The normalized spacial score (nSPS) is 16.0. The summed E-state index contributed by atoms with van der Waals surface area (Å²) in [6.45, 7) is 6.67. The smallest absolute Gasteiger partial charge is 0.256 e. The molecular weight excluding hydrogens is 598 g/mol. The number of hydrogen-bond donors (Lipinski definition) is 1. The van der Waals surface area contributed by atoms with Crippen LogP contribution in [0.15, 0.2) is 41.1 Å². The Morgan fingerprint density at radius 1 is 1.04 bits per heavy atom. The fourth-order valence-corrected chi connectivity index (χ4v) is 7.92. The summed E-state index contributed by atoms with van der Waals surface area (Å²) < 4.78 is 12.5. The van der Waals surface area contributed by atoms with E-state index in [2.05, 4.69) is 39.2 Å². The van der Waals surface area contributed by atoms with Crippen molar-refractivity contribution in [3.63, 3.8) is 0 Å². The summed E-state index contributed by atoms with van der Waals surface area (Å²) >= 11 is 1.54. The molecule has 1 saturated heterocycles. The van der Waals surface area contributed by atoms with Gasteiger partial charge in [0.1, 0.15) is 5.82 Å². The maximum atomic E-state index is 13.7. The van der Waals surface area contributed by atoms with Crippen molar-refractivity contribution in [2.24, 2.45) is 5.92 Å². The lowest BCUT2D eigenvalue weighted by molar-refractivity contribution is 0.0639. The molecule has 1 aliphatic carbocycles. The Morgan fingerprint density at radius 2 is 1.91 bits per heavy atom. The summed E-state index contributed by atoms with van der Waals surface area (Å²) in [4.78, 5) is 30.2. The van der Waals surface area contributed by atoms with Crippen molar-refractivity contribution in [3.05, 3.63) is 70.8 Å². The van der Waals surface area contributed by atoms with E-state index in [1.165, 1.54) is 41.9 Å². The number of carbonyl (C=O) groups excluding carboxylic acids is 1. The second-order valence-electron chi connectivity index (χ2n) is 12.3. The largest absolute Gasteiger partial charge is 0.421 e. The molecule has 2 N–H and O–H groups in total. The maximum Gasteiger partial charge on any atom is 0.256 e. The Labute approximate surface area is 272 Å². The molecule has 0 radical (unpaired) electrons. The molecule has 238 valence electrons. The molecule has 2 aliphatic heterocycles. The van der Waals surface area contributed by atoms with Gasteiger partial charge in [0.15, 0.2) is 0 Å². The van der Waals surface area contributed by atoms with Crippen LogP contribution in [0.4, 0.5) is 5.82 Å². The van der Waals surface area contributed by atoms with E-state index in [1.807, 2.05) is 23.2 Å². The summed E-state index contributed by atoms with van der Waals surface area (Å²) in [5, 5.41) is 9.51. The molecule has 0 aromatic carbocycles. The van der Waals surface area contributed by atoms with E-state index in [4.69, 9.17) is 19.9 Å². The van der Waals surface area contributed by atoms with Gasteiger partial charge < -0.3 is 19.8 Å². The molecule has 3 aliphatic rings. The second kappa shape index (κ2) is 13.3. The first-order chi connectivity index (χ1) is 22.5. The minimum atomic E-state index is -0.00336. The van der Waals surface area contributed by atoms with Crippen molar-refractivity contribution in [2.45, 2.75) is 71.8 Å². The SMILES string of the molecule is CCCN1Cc2nc(CCC3CCOCC3)c(-c3nnc(C)o3)c(-c3cc4ccnc(N)c4s3)c2C1=O.c1cnc2c(c1)CCC2. The Kier molecular flexibility index (Phi) is 8.77. The monoisotopic (exact) mass is 637 g/mol. The lowest BCUT2D eigenvalue weighted by Crippen LogP contribution is -2.24. The highest BCUT2D eigenvalue weighted by Crippen LogP contribution is 2.46. The quantitative estimate of drug-likeness (QED) is 0.210. The van der Waals surface area contributed by atoms with Crippen molar-refractivity contribution in [3.8, 4) is 21.9 Å². The van der Waals surface area contributed by atoms with Crippen LogP contribution in [0.25, 0.3) is 32.0 Å². The zero-order valence-electron chi connectivity index (χ0n) is 26.4. The summed E-state index contributed by atoms with van der Waals surface area (Å²) in [6, 6.07) is 8.22. The number of pyridine rings is 3. The summed E-state index contributed by atoms with van der Waals surface area (Å²) in [6.07, 6.45) is 12.1. The number of thiophene rings is 1. The van der Waals surface area contributed by atoms with Crippen molar-refractivity contribution < 1.29 is 13.9 Å². The van der Waals surface area contributed by atoms with Crippen LogP contribution in [0.3, 0.4) is 0 Å². The van der Waals surface area contributed by atoms with Gasteiger partial charge in [-0.3, -0.25) is 14.8 Å². The van der Waals surface area contributed by atoms with Gasteiger partial charge >= 0.3 is 0 Å². The minimum Gasteiger partial charge on any atom is -0.421 e. The molecule has 46 heavy (non-hydrogen) atoms. The number of rotatable bonds is 7. The first-order valence-electron chi connectivity index (χ1n) is 16.3. The molecule has 8 rings (SSSR count). The highest BCUT2D eigenvalue weighted by molar-refractivity contribution is 7.22. The molecule has 1 fully saturated rings. The molecule has 0 bridgehead atoms. The molecule has 11 heteroatoms. The van der Waals surface area contributed by atoms with Gasteiger partial charge in [-0.05, 0) is 86.4 Å². The van der Waals surface area contributed by atoms with Gasteiger partial charge in [-0.15, -0.1) is 21.5 Å². The van der Waals surface area contributed by atoms with Crippen molar-refractivity contribution in [2.75, 3.05) is 25.5 Å². The van der Waals surface area contributed by atoms with Crippen LogP contribution in [-0.4, -0.2) is 55.7 Å². The van der Waals surface area contributed by atoms with Crippen LogP contribution < -0.4 is 5.73 Å². The minimum absolute atomic E-state index is 0.00336. The number of aryl methyl sites for hydroxylation is 4. The Bertz CT molecular complexity index is 1850. The standard InChI is InChI=1S/C27H30N6O3S.C8H9N/c1-3-10-33-14-19-22(27(33)34)23(20-13-17-6-9-29-25(28)24(17)37-20)21(26-32-31-15(2)36-26)18(30-19)5-4-16-7-11-35-12-8-16;1-3-7-4-2-6-9-8(7)5-1/h6,9,13,16H,3-5,7-8,10-12,14H2,1-2H3,(H2,28,29);2,4,6H,1,3,5H2. The Hall–Kier alpha value is -4.22. The van der Waals surface area contributed by atoms with Gasteiger partial charge in [-0.2, -0.15) is 0 Å². The summed E-state index contributed by atoms with van der Waals surface area (Å²) in [5.41, 5.74) is 12.9. The number of anilines is 1. The van der Waals surface area contributed by atoms with Crippen molar-refractivity contribution in [1.82, 2.24) is 30.0 Å². The number of fused-ring (bicyclic) bond motifs is 3. The predicted octanol–water partition coefficient (Wildman–Crippen LogP) is 6.59. The summed E-state index contributed by atoms with van der Waals surface area (Å²) in [5.74, 6) is 1.93. The van der Waals surface area contributed by atoms with E-state index in [9.17, 15) is 4.79 Å². The van der Waals surface area contributed by atoms with Crippen LogP contribution in [-0.2, 0) is 30.5 Å². The number of aromatic nitrogens is 5. The molecule has 10 nitrogen and oxygen atoms in total. The summed E-state index contributed by atoms with van der Waals surface area (Å²) in [7, 11) is 0. The van der Waals surface area contributed by atoms with Gasteiger partial charge in [0.2, 0.25) is 11.8 Å². The van der Waals surface area contributed by atoms with Crippen molar-refractivity contribution >= 4 is 33.1 Å². The molecular formula is C35H39N7O3S. The van der Waals surface area contributed by atoms with E-state index in [0.717, 1.165) is 82.8 Å². The number of hydrogen-bond acceptors (Lipinski definition) is 10. The highest BCUT2D eigenvalue weighted by atomic mass is 32.1. The second-order valence-corrected chi connectivity index (χ2v) is 13.3. The molecule has 0 unspecified atom stereocenters. The van der Waals surface area contributed by atoms with Crippen LogP contribution in [0, 0.1) is 12.8 Å². The molecule has 0 spiro atoms. The molecule has 0 atom stereocenters. The molecule has 0 saturated carbocycles. The zero-order chi connectivity index (χ0) is 31.6. The molecule has 7 heterocycles. The van der Waals surface area contributed by atoms with E-state index in [0.29, 0.717) is 42.2 Å². The molecule has 5 aromatic rings. The highest BCUT2D eigenvalue weighted by Gasteiger charge is 2.36. The first-order valence-corrected chi connectivity index (χ1v) is 17.1. The molecule has 1 amide bonds. The number of amides is 1. The van der Waals surface area contributed by atoms with E-state index in [1.54, 1.807) is 13.1 Å². The number of nitrogens with two attached hydrogens (primary N) is 1. The van der Waals surface area contributed by atoms with Gasteiger partial charge in [0.05, 0.1) is 33.8 Å².